The molecule has 0 aromatic heterocycles. The Kier molecular flexibility index (Phi) is 2.97. The Labute approximate surface area is 130 Å². The van der Waals surface area contributed by atoms with Gasteiger partial charge in [0.2, 0.25) is 0 Å². The average molecular weight is 316 g/mol. The highest BCUT2D eigenvalue weighted by atomic mass is 19.1. The summed E-state index contributed by atoms with van der Waals surface area (Å²) in [6, 6.07) is 2.36. The van der Waals surface area contributed by atoms with E-state index in [0.717, 1.165) is 23.8 Å². The molecule has 0 unspecified atom stereocenters. The largest absolute Gasteiger partial charge is 0.423 e. The zero-order valence-corrected chi connectivity index (χ0v) is 12.1. The summed E-state index contributed by atoms with van der Waals surface area (Å²) in [4.78, 5) is 37.1. The first-order valence-corrected chi connectivity index (χ1v) is 7.45. The van der Waals surface area contributed by atoms with Gasteiger partial charge in [-0.05, 0) is 31.7 Å². The first-order valence-electron chi connectivity index (χ1n) is 7.45. The summed E-state index contributed by atoms with van der Waals surface area (Å²) >= 11 is 0. The molecule has 2 aliphatic heterocycles. The topological polar surface area (TPSA) is 75.7 Å². The van der Waals surface area contributed by atoms with Crippen molar-refractivity contribution in [1.29, 1.82) is 0 Å². The van der Waals surface area contributed by atoms with Gasteiger partial charge in [0.1, 0.15) is 6.54 Å². The Morgan fingerprint density at radius 1 is 1.04 bits per heavy atom. The zero-order chi connectivity index (χ0) is 16.1. The molecule has 0 radical (unpaired) electrons. The van der Waals surface area contributed by atoms with Crippen LogP contribution in [0.5, 0.6) is 5.75 Å². The van der Waals surface area contributed by atoms with Gasteiger partial charge in [0, 0.05) is 17.2 Å². The first-order chi connectivity index (χ1) is 11.1. The number of carbonyl (C=O) groups excluding carboxylic acids is 3. The SMILES string of the molecule is O=C1CNc2cc(N3C(=O)C4=C(CCCC4)C3=O)c(F)cc2O1. The van der Waals surface area contributed by atoms with Crippen molar-refractivity contribution < 1.29 is 23.5 Å². The van der Waals surface area contributed by atoms with Crippen LogP contribution in [0.2, 0.25) is 0 Å². The van der Waals surface area contributed by atoms with E-state index in [4.69, 9.17) is 4.74 Å². The lowest BCUT2D eigenvalue weighted by Gasteiger charge is -2.22. The van der Waals surface area contributed by atoms with Crippen molar-refractivity contribution in [3.8, 4) is 5.75 Å². The molecule has 118 valence electrons. The number of carbonyl (C=O) groups is 3. The fraction of sp³-hybridized carbons (Fsp3) is 0.312. The van der Waals surface area contributed by atoms with Crippen molar-refractivity contribution in [2.75, 3.05) is 16.8 Å². The number of imide groups is 1. The van der Waals surface area contributed by atoms with Gasteiger partial charge in [-0.3, -0.25) is 9.59 Å². The number of nitrogens with zero attached hydrogens (tertiary/aromatic N) is 1. The fourth-order valence-electron chi connectivity index (χ4n) is 3.22. The number of ether oxygens (including phenoxy) is 1. The summed E-state index contributed by atoms with van der Waals surface area (Å²) in [5.74, 6) is -2.14. The number of rotatable bonds is 1. The van der Waals surface area contributed by atoms with E-state index in [9.17, 15) is 18.8 Å². The van der Waals surface area contributed by atoms with Crippen LogP contribution in [-0.2, 0) is 14.4 Å². The molecule has 0 atom stereocenters. The number of nitrogens with one attached hydrogen (secondary N) is 1. The lowest BCUT2D eigenvalue weighted by molar-refractivity contribution is -0.133. The van der Waals surface area contributed by atoms with Crippen LogP contribution in [0.1, 0.15) is 25.7 Å². The van der Waals surface area contributed by atoms with E-state index in [2.05, 4.69) is 5.32 Å². The zero-order valence-electron chi connectivity index (χ0n) is 12.1. The maximum absolute atomic E-state index is 14.4. The van der Waals surface area contributed by atoms with Crippen LogP contribution in [0.4, 0.5) is 15.8 Å². The number of anilines is 2. The van der Waals surface area contributed by atoms with Crippen LogP contribution >= 0.6 is 0 Å². The average Bonchev–Trinajstić information content (AvgIpc) is 2.79. The Hall–Kier alpha value is -2.70. The quantitative estimate of drug-likeness (QED) is 0.486. The number of hydrogen-bond donors (Lipinski definition) is 1. The normalized spacial score (nSPS) is 20.2. The van der Waals surface area contributed by atoms with Gasteiger partial charge in [-0.15, -0.1) is 0 Å². The third-order valence-corrected chi connectivity index (χ3v) is 4.33. The minimum Gasteiger partial charge on any atom is -0.423 e. The van der Waals surface area contributed by atoms with Crippen molar-refractivity contribution in [2.24, 2.45) is 0 Å². The minimum absolute atomic E-state index is 0.0469. The Morgan fingerprint density at radius 3 is 2.35 bits per heavy atom. The molecular formula is C16H13FN2O4. The molecule has 3 aliphatic rings. The van der Waals surface area contributed by atoms with E-state index in [0.29, 0.717) is 29.7 Å². The van der Waals surface area contributed by atoms with Gasteiger partial charge < -0.3 is 10.1 Å². The molecule has 0 saturated heterocycles. The van der Waals surface area contributed by atoms with Crippen LogP contribution in [-0.4, -0.2) is 24.3 Å². The second-order valence-corrected chi connectivity index (χ2v) is 5.74. The van der Waals surface area contributed by atoms with Crippen molar-refractivity contribution in [3.05, 3.63) is 29.1 Å². The summed E-state index contributed by atoms with van der Waals surface area (Å²) < 4.78 is 19.3. The van der Waals surface area contributed by atoms with Crippen molar-refractivity contribution >= 4 is 29.2 Å². The molecule has 1 N–H and O–H groups in total. The molecule has 2 heterocycles. The predicted octanol–water partition coefficient (Wildman–Crippen LogP) is 1.90. The smallest absolute Gasteiger partial charge is 0.330 e. The summed E-state index contributed by atoms with van der Waals surface area (Å²) in [5, 5.41) is 2.79. The number of halogens is 1. The minimum atomic E-state index is -0.776. The number of benzene rings is 1. The van der Waals surface area contributed by atoms with E-state index >= 15 is 0 Å². The fourth-order valence-corrected chi connectivity index (χ4v) is 3.22. The second-order valence-electron chi connectivity index (χ2n) is 5.74. The molecule has 1 aromatic rings. The van der Waals surface area contributed by atoms with Crippen molar-refractivity contribution in [3.63, 3.8) is 0 Å². The first kappa shape index (κ1) is 13.9. The van der Waals surface area contributed by atoms with Gasteiger partial charge in [0.25, 0.3) is 11.8 Å². The van der Waals surface area contributed by atoms with E-state index < -0.39 is 23.6 Å². The molecule has 2 amide bonds. The van der Waals surface area contributed by atoms with Crippen molar-refractivity contribution in [1.82, 2.24) is 0 Å². The van der Waals surface area contributed by atoms with E-state index in [1.165, 1.54) is 6.07 Å². The van der Waals surface area contributed by atoms with Gasteiger partial charge in [-0.25, -0.2) is 14.1 Å². The van der Waals surface area contributed by atoms with E-state index in [1.54, 1.807) is 0 Å². The van der Waals surface area contributed by atoms with Crippen LogP contribution < -0.4 is 15.0 Å². The number of hydrogen-bond acceptors (Lipinski definition) is 5. The predicted molar refractivity (Wildman–Crippen MR) is 78.5 cm³/mol. The van der Waals surface area contributed by atoms with Crippen LogP contribution in [0.3, 0.4) is 0 Å². The number of esters is 1. The summed E-state index contributed by atoms with van der Waals surface area (Å²) in [6.07, 6.45) is 2.82. The van der Waals surface area contributed by atoms with Crippen molar-refractivity contribution in [2.45, 2.75) is 25.7 Å². The molecule has 23 heavy (non-hydrogen) atoms. The molecule has 7 heteroatoms. The maximum atomic E-state index is 14.4. The molecule has 0 fully saturated rings. The molecule has 0 saturated carbocycles. The van der Waals surface area contributed by atoms with E-state index in [-0.39, 0.29) is 18.0 Å². The molecule has 6 nitrogen and oxygen atoms in total. The maximum Gasteiger partial charge on any atom is 0.330 e. The highest BCUT2D eigenvalue weighted by Crippen LogP contribution is 2.40. The highest BCUT2D eigenvalue weighted by Gasteiger charge is 2.41. The lowest BCUT2D eigenvalue weighted by atomic mass is 9.93. The molecule has 0 bridgehead atoms. The van der Waals surface area contributed by atoms with Crippen LogP contribution in [0, 0.1) is 5.82 Å². The molecular weight excluding hydrogens is 303 g/mol. The lowest BCUT2D eigenvalue weighted by Crippen LogP contribution is -2.33. The summed E-state index contributed by atoms with van der Waals surface area (Å²) in [7, 11) is 0. The standard InChI is InChI=1S/C16H13FN2O4/c17-10-5-13-11(18-7-14(20)23-13)6-12(10)19-15(21)8-3-1-2-4-9(8)16(19)22/h5-6,18H,1-4,7H2. The summed E-state index contributed by atoms with van der Waals surface area (Å²) in [5.41, 5.74) is 1.26. The van der Waals surface area contributed by atoms with Gasteiger partial charge in [-0.2, -0.15) is 0 Å². The molecule has 0 spiro atoms. The molecule has 4 rings (SSSR count). The number of amides is 2. The Bertz CT molecular complexity index is 772. The third kappa shape index (κ3) is 2.03. The van der Waals surface area contributed by atoms with Crippen LogP contribution in [0.25, 0.3) is 0 Å². The van der Waals surface area contributed by atoms with Crippen LogP contribution in [0.15, 0.2) is 23.3 Å². The summed E-state index contributed by atoms with van der Waals surface area (Å²) in [6.45, 7) is -0.0469. The van der Waals surface area contributed by atoms with E-state index in [1.807, 2.05) is 0 Å². The van der Waals surface area contributed by atoms with Gasteiger partial charge >= 0.3 is 5.97 Å². The van der Waals surface area contributed by atoms with Gasteiger partial charge in [-0.1, -0.05) is 0 Å². The molecule has 1 aliphatic carbocycles. The monoisotopic (exact) mass is 316 g/mol. The van der Waals surface area contributed by atoms with Gasteiger partial charge in [0.05, 0.1) is 11.4 Å². The third-order valence-electron chi connectivity index (χ3n) is 4.33. The Morgan fingerprint density at radius 2 is 1.70 bits per heavy atom. The Balaban J connectivity index is 1.76. The van der Waals surface area contributed by atoms with Gasteiger partial charge in [0.15, 0.2) is 11.6 Å². The second kappa shape index (κ2) is 4.91. The number of fused-ring (bicyclic) bond motifs is 1. The molecule has 1 aromatic carbocycles. The highest BCUT2D eigenvalue weighted by molar-refractivity contribution is 6.33.